The predicted octanol–water partition coefficient (Wildman–Crippen LogP) is 1.31. The summed E-state index contributed by atoms with van der Waals surface area (Å²) in [5.41, 5.74) is 0. The Hall–Kier alpha value is -2.27. The molecule has 8 nitrogen and oxygen atoms in total. The quantitative estimate of drug-likeness (QED) is 0.783. The number of rotatable bonds is 6. The van der Waals surface area contributed by atoms with Gasteiger partial charge in [0, 0.05) is 6.61 Å². The first-order valence-corrected chi connectivity index (χ1v) is 6.32. The van der Waals surface area contributed by atoms with Crippen molar-refractivity contribution < 1.29 is 9.26 Å². The van der Waals surface area contributed by atoms with E-state index in [-0.39, 0.29) is 18.5 Å². The summed E-state index contributed by atoms with van der Waals surface area (Å²) in [7, 11) is 0. The first kappa shape index (κ1) is 14.1. The van der Waals surface area contributed by atoms with Crippen molar-refractivity contribution in [1.82, 2.24) is 24.9 Å². The summed E-state index contributed by atoms with van der Waals surface area (Å²) in [5.74, 6) is 1.46. The van der Waals surface area contributed by atoms with Gasteiger partial charge < -0.3 is 9.26 Å². The van der Waals surface area contributed by atoms with E-state index in [9.17, 15) is 0 Å². The molecule has 0 saturated carbocycles. The van der Waals surface area contributed by atoms with Crippen LogP contribution in [0.25, 0.3) is 0 Å². The van der Waals surface area contributed by atoms with Crippen LogP contribution in [-0.2, 0) is 11.3 Å². The van der Waals surface area contributed by atoms with E-state index in [0.717, 1.165) is 0 Å². The summed E-state index contributed by atoms with van der Waals surface area (Å²) in [5, 5.41) is 16.4. The number of aromatic nitrogens is 5. The average Bonchev–Trinajstić information content (AvgIpc) is 3.05. The van der Waals surface area contributed by atoms with Crippen molar-refractivity contribution in [3.05, 3.63) is 23.9 Å². The highest BCUT2D eigenvalue weighted by Gasteiger charge is 2.15. The maximum Gasteiger partial charge on any atom is 0.252 e. The van der Waals surface area contributed by atoms with Gasteiger partial charge >= 0.3 is 0 Å². The lowest BCUT2D eigenvalue weighted by Crippen LogP contribution is -2.08. The van der Waals surface area contributed by atoms with Crippen LogP contribution in [0.4, 0.5) is 0 Å². The van der Waals surface area contributed by atoms with Crippen molar-refractivity contribution in [1.29, 1.82) is 5.26 Å². The van der Waals surface area contributed by atoms with E-state index in [4.69, 9.17) is 14.5 Å². The van der Waals surface area contributed by atoms with Crippen molar-refractivity contribution >= 4 is 0 Å². The molecule has 2 aromatic rings. The predicted molar refractivity (Wildman–Crippen MR) is 67.3 cm³/mol. The molecule has 0 radical (unpaired) electrons. The summed E-state index contributed by atoms with van der Waals surface area (Å²) in [6, 6.07) is 1.85. The van der Waals surface area contributed by atoms with Gasteiger partial charge in [-0.15, -0.1) is 5.10 Å². The minimum Gasteiger partial charge on any atom is -0.370 e. The summed E-state index contributed by atoms with van der Waals surface area (Å²) in [6.07, 6.45) is 1.22. The van der Waals surface area contributed by atoms with E-state index < -0.39 is 0 Å². The average molecular weight is 276 g/mol. The van der Waals surface area contributed by atoms with E-state index >= 15 is 0 Å². The highest BCUT2D eigenvalue weighted by atomic mass is 16.5. The number of ether oxygens (including phenoxy) is 1. The van der Waals surface area contributed by atoms with Gasteiger partial charge in [0.25, 0.3) is 5.82 Å². The molecule has 0 aromatic carbocycles. The van der Waals surface area contributed by atoms with Gasteiger partial charge in [0.2, 0.25) is 5.89 Å². The number of hydrogen-bond acceptors (Lipinski definition) is 7. The van der Waals surface area contributed by atoms with Gasteiger partial charge in [-0.3, -0.25) is 0 Å². The molecule has 2 rings (SSSR count). The van der Waals surface area contributed by atoms with Crippen molar-refractivity contribution in [3.63, 3.8) is 0 Å². The lowest BCUT2D eigenvalue weighted by molar-refractivity contribution is 0.0402. The van der Waals surface area contributed by atoms with Gasteiger partial charge in [0.15, 0.2) is 5.82 Å². The lowest BCUT2D eigenvalue weighted by atomic mass is 10.2. The molecule has 0 aliphatic heterocycles. The molecule has 0 amide bonds. The summed E-state index contributed by atoms with van der Waals surface area (Å²) in [6.45, 7) is 6.94. The highest BCUT2D eigenvalue weighted by Crippen LogP contribution is 2.14. The summed E-state index contributed by atoms with van der Waals surface area (Å²) < 4.78 is 12.2. The van der Waals surface area contributed by atoms with E-state index in [2.05, 4.69) is 34.1 Å². The van der Waals surface area contributed by atoms with Gasteiger partial charge in [-0.1, -0.05) is 19.0 Å². The van der Waals surface area contributed by atoms with Crippen molar-refractivity contribution in [3.8, 4) is 6.07 Å². The molecule has 106 valence electrons. The SMILES string of the molecule is CC(C)CO[C@H](C)c1noc(Cn2cnc(C#N)n2)n1. The smallest absolute Gasteiger partial charge is 0.252 e. The largest absolute Gasteiger partial charge is 0.370 e. The first-order chi connectivity index (χ1) is 9.58. The van der Waals surface area contributed by atoms with Crippen LogP contribution in [0.5, 0.6) is 0 Å². The highest BCUT2D eigenvalue weighted by molar-refractivity contribution is 5.05. The molecular weight excluding hydrogens is 260 g/mol. The molecule has 0 bridgehead atoms. The molecule has 8 heteroatoms. The molecule has 0 aliphatic rings. The van der Waals surface area contributed by atoms with Gasteiger partial charge in [-0.25, -0.2) is 9.67 Å². The fourth-order valence-corrected chi connectivity index (χ4v) is 1.47. The number of nitriles is 1. The molecule has 2 heterocycles. The molecular formula is C12H16N6O2. The Morgan fingerprint density at radius 2 is 2.25 bits per heavy atom. The third-order valence-corrected chi connectivity index (χ3v) is 2.46. The Balaban J connectivity index is 1.96. The Morgan fingerprint density at radius 3 is 2.90 bits per heavy atom. The molecule has 0 N–H and O–H groups in total. The zero-order valence-corrected chi connectivity index (χ0v) is 11.6. The van der Waals surface area contributed by atoms with Crippen molar-refractivity contribution in [2.24, 2.45) is 5.92 Å². The third-order valence-electron chi connectivity index (χ3n) is 2.46. The molecule has 0 saturated heterocycles. The molecule has 1 atom stereocenters. The van der Waals surface area contributed by atoms with Crippen LogP contribution in [-0.4, -0.2) is 31.5 Å². The zero-order valence-electron chi connectivity index (χ0n) is 11.6. The normalized spacial score (nSPS) is 12.6. The molecule has 0 fully saturated rings. The van der Waals surface area contributed by atoms with Crippen LogP contribution in [0.1, 0.15) is 44.4 Å². The van der Waals surface area contributed by atoms with Crippen LogP contribution >= 0.6 is 0 Å². The van der Waals surface area contributed by atoms with Gasteiger partial charge in [0.05, 0.1) is 0 Å². The van der Waals surface area contributed by atoms with Gasteiger partial charge in [-0.2, -0.15) is 10.2 Å². The number of nitrogens with zero attached hydrogens (tertiary/aromatic N) is 6. The van der Waals surface area contributed by atoms with E-state index in [1.54, 1.807) is 0 Å². The van der Waals surface area contributed by atoms with Crippen LogP contribution in [0.15, 0.2) is 10.9 Å². The Kier molecular flexibility index (Phi) is 4.42. The topological polar surface area (TPSA) is 103 Å². The van der Waals surface area contributed by atoms with E-state index in [1.165, 1.54) is 11.0 Å². The fourth-order valence-electron chi connectivity index (χ4n) is 1.47. The van der Waals surface area contributed by atoms with Crippen LogP contribution in [0.2, 0.25) is 0 Å². The number of hydrogen-bond donors (Lipinski definition) is 0. The fraction of sp³-hybridized carbons (Fsp3) is 0.583. The molecule has 0 aliphatic carbocycles. The van der Waals surface area contributed by atoms with Crippen molar-refractivity contribution in [2.45, 2.75) is 33.4 Å². The van der Waals surface area contributed by atoms with Crippen LogP contribution < -0.4 is 0 Å². The van der Waals surface area contributed by atoms with E-state index in [1.807, 2.05) is 13.0 Å². The molecule has 0 spiro atoms. The monoisotopic (exact) mass is 276 g/mol. The first-order valence-electron chi connectivity index (χ1n) is 6.32. The third kappa shape index (κ3) is 3.61. The summed E-state index contributed by atoms with van der Waals surface area (Å²) in [4.78, 5) is 8.04. The summed E-state index contributed by atoms with van der Waals surface area (Å²) >= 11 is 0. The Morgan fingerprint density at radius 1 is 1.45 bits per heavy atom. The molecule has 0 unspecified atom stereocenters. The van der Waals surface area contributed by atoms with Crippen molar-refractivity contribution in [2.75, 3.05) is 6.61 Å². The zero-order chi connectivity index (χ0) is 14.5. The second kappa shape index (κ2) is 6.25. The minimum absolute atomic E-state index is 0.110. The van der Waals surface area contributed by atoms with Gasteiger partial charge in [-0.05, 0) is 12.8 Å². The van der Waals surface area contributed by atoms with E-state index in [0.29, 0.717) is 24.2 Å². The lowest BCUT2D eigenvalue weighted by Gasteiger charge is -2.10. The van der Waals surface area contributed by atoms with Crippen LogP contribution in [0.3, 0.4) is 0 Å². The maximum absolute atomic E-state index is 8.64. The second-order valence-electron chi connectivity index (χ2n) is 4.79. The maximum atomic E-state index is 8.64. The molecule has 2 aromatic heterocycles. The Bertz CT molecular complexity index is 597. The molecule has 20 heavy (non-hydrogen) atoms. The standard InChI is InChI=1S/C12H16N6O2/c1-8(2)6-19-9(3)12-15-11(20-17-12)5-18-7-14-10(4-13)16-18/h7-9H,5-6H2,1-3H3/t9-/m1/s1. The second-order valence-corrected chi connectivity index (χ2v) is 4.79. The van der Waals surface area contributed by atoms with Gasteiger partial charge in [0.1, 0.15) is 25.0 Å². The minimum atomic E-state index is -0.222. The Labute approximate surface area is 116 Å². The van der Waals surface area contributed by atoms with Crippen LogP contribution in [0, 0.1) is 17.2 Å².